The third-order valence-electron chi connectivity index (χ3n) is 2.43. The standard InChI is InChI=1S/C11H13N3O2/c1-7-3-4-8(5-9(7)16-2)14-11(15)6-10(12)13-14/h3-5H,6H2,1-2H3,(H2,12,13). The Morgan fingerprint density at radius 2 is 2.25 bits per heavy atom. The molecule has 2 rings (SSSR count). The highest BCUT2D eigenvalue weighted by molar-refractivity contribution is 6.11. The Balaban J connectivity index is 2.38. The number of carbonyl (C=O) groups excluding carboxylic acids is 1. The molecule has 5 heteroatoms. The zero-order valence-corrected chi connectivity index (χ0v) is 9.23. The van der Waals surface area contributed by atoms with Crippen LogP contribution in [-0.2, 0) is 4.79 Å². The summed E-state index contributed by atoms with van der Waals surface area (Å²) in [6, 6.07) is 5.47. The van der Waals surface area contributed by atoms with Crippen molar-refractivity contribution in [2.24, 2.45) is 10.8 Å². The van der Waals surface area contributed by atoms with Gasteiger partial charge in [-0.1, -0.05) is 6.07 Å². The van der Waals surface area contributed by atoms with E-state index in [0.29, 0.717) is 11.5 Å². The maximum atomic E-state index is 11.6. The van der Waals surface area contributed by atoms with E-state index in [-0.39, 0.29) is 12.3 Å². The Kier molecular flexibility index (Phi) is 2.52. The number of hydrogen-bond acceptors (Lipinski definition) is 4. The minimum atomic E-state index is -0.122. The van der Waals surface area contributed by atoms with Crippen molar-refractivity contribution in [3.05, 3.63) is 23.8 Å². The molecule has 1 aromatic carbocycles. The van der Waals surface area contributed by atoms with Crippen LogP contribution in [0.3, 0.4) is 0 Å². The lowest BCUT2D eigenvalue weighted by molar-refractivity contribution is -0.116. The van der Waals surface area contributed by atoms with Crippen LogP contribution in [0, 0.1) is 6.92 Å². The third kappa shape index (κ3) is 1.71. The molecule has 2 N–H and O–H groups in total. The van der Waals surface area contributed by atoms with Crippen molar-refractivity contribution in [3.63, 3.8) is 0 Å². The molecule has 0 atom stereocenters. The van der Waals surface area contributed by atoms with E-state index in [0.717, 1.165) is 11.3 Å². The first-order valence-corrected chi connectivity index (χ1v) is 4.92. The van der Waals surface area contributed by atoms with Crippen LogP contribution < -0.4 is 15.5 Å². The van der Waals surface area contributed by atoms with Crippen LogP contribution in [-0.4, -0.2) is 18.9 Å². The minimum Gasteiger partial charge on any atom is -0.496 e. The predicted octanol–water partition coefficient (Wildman–Crippen LogP) is 1.01. The molecule has 1 aromatic rings. The number of amidine groups is 1. The Morgan fingerprint density at radius 1 is 1.50 bits per heavy atom. The van der Waals surface area contributed by atoms with Gasteiger partial charge in [0.1, 0.15) is 11.6 Å². The highest BCUT2D eigenvalue weighted by atomic mass is 16.5. The number of nitrogens with two attached hydrogens (primary N) is 1. The molecular weight excluding hydrogens is 206 g/mol. The molecule has 1 heterocycles. The molecule has 5 nitrogen and oxygen atoms in total. The number of amides is 1. The van der Waals surface area contributed by atoms with Gasteiger partial charge in [0, 0.05) is 6.07 Å². The van der Waals surface area contributed by atoms with Gasteiger partial charge >= 0.3 is 0 Å². The average Bonchev–Trinajstić information content (AvgIpc) is 2.59. The van der Waals surface area contributed by atoms with Crippen LogP contribution in [0.4, 0.5) is 5.69 Å². The molecule has 0 bridgehead atoms. The van der Waals surface area contributed by atoms with Crippen molar-refractivity contribution in [1.29, 1.82) is 0 Å². The average molecular weight is 219 g/mol. The Morgan fingerprint density at radius 3 is 2.81 bits per heavy atom. The van der Waals surface area contributed by atoms with Crippen LogP contribution in [0.15, 0.2) is 23.3 Å². The predicted molar refractivity (Wildman–Crippen MR) is 61.5 cm³/mol. The van der Waals surface area contributed by atoms with Crippen LogP contribution >= 0.6 is 0 Å². The van der Waals surface area contributed by atoms with Crippen molar-refractivity contribution < 1.29 is 9.53 Å². The van der Waals surface area contributed by atoms with E-state index >= 15 is 0 Å². The highest BCUT2D eigenvalue weighted by Crippen LogP contribution is 2.27. The summed E-state index contributed by atoms with van der Waals surface area (Å²) in [4.78, 5) is 11.6. The van der Waals surface area contributed by atoms with Gasteiger partial charge in [-0.05, 0) is 18.6 Å². The molecule has 16 heavy (non-hydrogen) atoms. The van der Waals surface area contributed by atoms with Crippen molar-refractivity contribution in [2.45, 2.75) is 13.3 Å². The summed E-state index contributed by atoms with van der Waals surface area (Å²) in [6.07, 6.45) is 0.177. The van der Waals surface area contributed by atoms with Crippen LogP contribution in [0.2, 0.25) is 0 Å². The van der Waals surface area contributed by atoms with Gasteiger partial charge in [0.15, 0.2) is 0 Å². The zero-order valence-electron chi connectivity index (χ0n) is 9.23. The van der Waals surface area contributed by atoms with Gasteiger partial charge in [-0.2, -0.15) is 10.1 Å². The fourth-order valence-corrected chi connectivity index (χ4v) is 1.59. The minimum absolute atomic E-state index is 0.122. The van der Waals surface area contributed by atoms with Crippen molar-refractivity contribution in [1.82, 2.24) is 0 Å². The second kappa shape index (κ2) is 3.84. The lowest BCUT2D eigenvalue weighted by Crippen LogP contribution is -2.19. The number of ether oxygens (including phenoxy) is 1. The van der Waals surface area contributed by atoms with E-state index in [9.17, 15) is 4.79 Å². The van der Waals surface area contributed by atoms with Crippen LogP contribution in [0.5, 0.6) is 5.75 Å². The molecule has 1 amide bonds. The molecular formula is C11H13N3O2. The fourth-order valence-electron chi connectivity index (χ4n) is 1.59. The summed E-state index contributed by atoms with van der Waals surface area (Å²) in [5.41, 5.74) is 7.19. The molecule has 0 aliphatic carbocycles. The summed E-state index contributed by atoms with van der Waals surface area (Å²) >= 11 is 0. The summed E-state index contributed by atoms with van der Waals surface area (Å²) in [5.74, 6) is 0.943. The van der Waals surface area contributed by atoms with Gasteiger partial charge in [0.25, 0.3) is 5.91 Å². The number of methoxy groups -OCH3 is 1. The van der Waals surface area contributed by atoms with E-state index in [1.54, 1.807) is 13.2 Å². The maximum absolute atomic E-state index is 11.6. The molecule has 0 unspecified atom stereocenters. The molecule has 0 spiro atoms. The lowest BCUT2D eigenvalue weighted by atomic mass is 10.2. The molecule has 1 aliphatic heterocycles. The van der Waals surface area contributed by atoms with Gasteiger partial charge < -0.3 is 10.5 Å². The van der Waals surface area contributed by atoms with Gasteiger partial charge in [-0.3, -0.25) is 4.79 Å². The van der Waals surface area contributed by atoms with E-state index in [4.69, 9.17) is 10.5 Å². The van der Waals surface area contributed by atoms with Crippen molar-refractivity contribution in [2.75, 3.05) is 12.1 Å². The summed E-state index contributed by atoms with van der Waals surface area (Å²) in [5, 5.41) is 5.27. The fraction of sp³-hybridized carbons (Fsp3) is 0.273. The monoisotopic (exact) mass is 219 g/mol. The second-order valence-corrected chi connectivity index (χ2v) is 3.63. The highest BCUT2D eigenvalue weighted by Gasteiger charge is 2.23. The first-order valence-electron chi connectivity index (χ1n) is 4.92. The number of aryl methyl sites for hydroxylation is 1. The van der Waals surface area contributed by atoms with Crippen LogP contribution in [0.1, 0.15) is 12.0 Å². The number of benzene rings is 1. The van der Waals surface area contributed by atoms with E-state index in [1.165, 1.54) is 5.01 Å². The van der Waals surface area contributed by atoms with Crippen molar-refractivity contribution in [3.8, 4) is 5.75 Å². The number of carbonyl (C=O) groups is 1. The summed E-state index contributed by atoms with van der Waals surface area (Å²) in [6.45, 7) is 1.94. The van der Waals surface area contributed by atoms with E-state index in [2.05, 4.69) is 5.10 Å². The van der Waals surface area contributed by atoms with E-state index < -0.39 is 0 Å². The van der Waals surface area contributed by atoms with Gasteiger partial charge in [-0.25, -0.2) is 0 Å². The van der Waals surface area contributed by atoms with Gasteiger partial charge in [-0.15, -0.1) is 0 Å². The number of rotatable bonds is 2. The summed E-state index contributed by atoms with van der Waals surface area (Å²) in [7, 11) is 1.59. The molecule has 84 valence electrons. The maximum Gasteiger partial charge on any atom is 0.255 e. The van der Waals surface area contributed by atoms with Gasteiger partial charge in [0.2, 0.25) is 0 Å². The lowest BCUT2D eigenvalue weighted by Gasteiger charge is -2.13. The topological polar surface area (TPSA) is 67.9 Å². The molecule has 0 saturated carbocycles. The SMILES string of the molecule is COc1cc(N2N=C(N)CC2=O)ccc1C. The number of hydrogen-bond donors (Lipinski definition) is 1. The zero-order chi connectivity index (χ0) is 11.7. The molecule has 0 saturated heterocycles. The smallest absolute Gasteiger partial charge is 0.255 e. The number of anilines is 1. The van der Waals surface area contributed by atoms with E-state index in [1.807, 2.05) is 19.1 Å². The largest absolute Gasteiger partial charge is 0.496 e. The number of hydrazone groups is 1. The molecule has 0 aromatic heterocycles. The molecule has 0 fully saturated rings. The van der Waals surface area contributed by atoms with Gasteiger partial charge in [0.05, 0.1) is 19.2 Å². The quantitative estimate of drug-likeness (QED) is 0.807. The molecule has 0 radical (unpaired) electrons. The first kappa shape index (κ1) is 10.5. The molecule has 1 aliphatic rings. The second-order valence-electron chi connectivity index (χ2n) is 3.63. The Labute approximate surface area is 93.5 Å². The first-order chi connectivity index (χ1) is 7.61. The number of nitrogens with zero attached hydrogens (tertiary/aromatic N) is 2. The third-order valence-corrected chi connectivity index (χ3v) is 2.43. The summed E-state index contributed by atoms with van der Waals surface area (Å²) < 4.78 is 5.19. The normalized spacial score (nSPS) is 15.2. The Hall–Kier alpha value is -2.04. The van der Waals surface area contributed by atoms with Crippen LogP contribution in [0.25, 0.3) is 0 Å². The van der Waals surface area contributed by atoms with Crippen molar-refractivity contribution >= 4 is 17.4 Å². The Bertz CT molecular complexity index is 468.